The minimum Gasteiger partial charge on any atom is -0.486 e. The predicted octanol–water partition coefficient (Wildman–Crippen LogP) is 1.87. The molecular formula is C22H27N2O3S+. The van der Waals surface area contributed by atoms with Gasteiger partial charge in [-0.3, -0.25) is 4.79 Å². The van der Waals surface area contributed by atoms with E-state index in [-0.39, 0.29) is 11.2 Å². The van der Waals surface area contributed by atoms with E-state index in [2.05, 4.69) is 30.3 Å². The van der Waals surface area contributed by atoms with Gasteiger partial charge in [0.05, 0.1) is 31.4 Å². The Morgan fingerprint density at radius 1 is 1.07 bits per heavy atom. The summed E-state index contributed by atoms with van der Waals surface area (Å²) in [5, 5.41) is -0.113. The highest BCUT2D eigenvalue weighted by atomic mass is 32.2. The predicted molar refractivity (Wildman–Crippen MR) is 110 cm³/mol. The fourth-order valence-corrected chi connectivity index (χ4v) is 4.69. The van der Waals surface area contributed by atoms with Crippen molar-refractivity contribution in [3.05, 3.63) is 54.1 Å². The molecule has 2 aliphatic heterocycles. The lowest BCUT2D eigenvalue weighted by molar-refractivity contribution is -0.917. The lowest BCUT2D eigenvalue weighted by Gasteiger charge is -2.33. The van der Waals surface area contributed by atoms with Crippen LogP contribution in [0.1, 0.15) is 12.5 Å². The maximum absolute atomic E-state index is 12.9. The van der Waals surface area contributed by atoms with Gasteiger partial charge in [0, 0.05) is 10.5 Å². The van der Waals surface area contributed by atoms with Gasteiger partial charge in [0.25, 0.3) is 0 Å². The SMILES string of the molecule is C[C@H](Sc1ccc2c(c1)OCCO2)C(=O)N1CC[NH+](Cc2ccccc2)CC1. The molecule has 0 aromatic heterocycles. The molecule has 0 bridgehead atoms. The molecule has 1 N–H and O–H groups in total. The van der Waals surface area contributed by atoms with Crippen LogP contribution in [0.3, 0.4) is 0 Å². The maximum atomic E-state index is 12.9. The third kappa shape index (κ3) is 4.62. The molecule has 5 nitrogen and oxygen atoms in total. The lowest BCUT2D eigenvalue weighted by Crippen LogP contribution is -3.13. The van der Waals surface area contributed by atoms with E-state index < -0.39 is 0 Å². The van der Waals surface area contributed by atoms with Crippen molar-refractivity contribution < 1.29 is 19.2 Å². The molecule has 2 aromatic carbocycles. The first-order chi connectivity index (χ1) is 13.7. The Hall–Kier alpha value is -2.18. The maximum Gasteiger partial charge on any atom is 0.236 e. The van der Waals surface area contributed by atoms with Crippen molar-refractivity contribution in [2.75, 3.05) is 39.4 Å². The first kappa shape index (κ1) is 19.2. The van der Waals surface area contributed by atoms with Gasteiger partial charge in [-0.25, -0.2) is 0 Å². The van der Waals surface area contributed by atoms with Crippen molar-refractivity contribution in [3.63, 3.8) is 0 Å². The molecule has 0 radical (unpaired) electrons. The van der Waals surface area contributed by atoms with E-state index >= 15 is 0 Å². The van der Waals surface area contributed by atoms with Crippen molar-refractivity contribution in [2.45, 2.75) is 23.6 Å². The van der Waals surface area contributed by atoms with Crippen LogP contribution in [-0.2, 0) is 11.3 Å². The summed E-state index contributed by atoms with van der Waals surface area (Å²) in [5.41, 5.74) is 1.36. The number of ether oxygens (including phenoxy) is 2. The number of hydrogen-bond donors (Lipinski definition) is 1. The van der Waals surface area contributed by atoms with E-state index in [1.165, 1.54) is 5.56 Å². The summed E-state index contributed by atoms with van der Waals surface area (Å²) in [5.74, 6) is 1.78. The summed E-state index contributed by atoms with van der Waals surface area (Å²) in [6.45, 7) is 7.85. The Morgan fingerprint density at radius 2 is 1.79 bits per heavy atom. The lowest BCUT2D eigenvalue weighted by atomic mass is 10.2. The Balaban J connectivity index is 1.29. The highest BCUT2D eigenvalue weighted by molar-refractivity contribution is 8.00. The van der Waals surface area contributed by atoms with Crippen molar-refractivity contribution in [1.82, 2.24) is 4.90 Å². The second-order valence-electron chi connectivity index (χ2n) is 7.30. The van der Waals surface area contributed by atoms with Gasteiger partial charge in [-0.05, 0) is 25.1 Å². The summed E-state index contributed by atoms with van der Waals surface area (Å²) in [7, 11) is 0. The van der Waals surface area contributed by atoms with Gasteiger partial charge in [-0.2, -0.15) is 0 Å². The number of carbonyl (C=O) groups excluding carboxylic acids is 1. The molecule has 2 heterocycles. The van der Waals surface area contributed by atoms with Crippen LogP contribution in [0.25, 0.3) is 0 Å². The van der Waals surface area contributed by atoms with E-state index in [4.69, 9.17) is 9.47 Å². The number of thioether (sulfide) groups is 1. The molecule has 2 aliphatic rings. The van der Waals surface area contributed by atoms with E-state index in [1.807, 2.05) is 30.0 Å². The second-order valence-corrected chi connectivity index (χ2v) is 8.72. The normalized spacial score (nSPS) is 18.0. The average Bonchev–Trinajstić information content (AvgIpc) is 2.74. The Morgan fingerprint density at radius 3 is 2.54 bits per heavy atom. The summed E-state index contributed by atoms with van der Waals surface area (Å²) >= 11 is 1.59. The number of fused-ring (bicyclic) bond motifs is 1. The van der Waals surface area contributed by atoms with Crippen LogP contribution in [0, 0.1) is 0 Å². The van der Waals surface area contributed by atoms with E-state index in [9.17, 15) is 4.79 Å². The molecule has 2 aromatic rings. The van der Waals surface area contributed by atoms with Crippen LogP contribution >= 0.6 is 11.8 Å². The van der Waals surface area contributed by atoms with E-state index in [0.717, 1.165) is 49.1 Å². The highest BCUT2D eigenvalue weighted by Gasteiger charge is 2.27. The Bertz CT molecular complexity index is 807. The molecule has 0 saturated carbocycles. The zero-order chi connectivity index (χ0) is 19.3. The number of quaternary nitrogens is 1. The number of piperazine rings is 1. The van der Waals surface area contributed by atoms with Crippen molar-refractivity contribution >= 4 is 17.7 Å². The van der Waals surface area contributed by atoms with Crippen LogP contribution in [0.5, 0.6) is 11.5 Å². The number of rotatable bonds is 5. The fourth-order valence-electron chi connectivity index (χ4n) is 3.71. The number of carbonyl (C=O) groups is 1. The van der Waals surface area contributed by atoms with Gasteiger partial charge in [0.15, 0.2) is 11.5 Å². The number of nitrogens with one attached hydrogen (secondary N) is 1. The van der Waals surface area contributed by atoms with Crippen molar-refractivity contribution in [3.8, 4) is 11.5 Å². The van der Waals surface area contributed by atoms with E-state index in [1.54, 1.807) is 16.7 Å². The third-order valence-corrected chi connectivity index (χ3v) is 6.33. The molecule has 1 saturated heterocycles. The van der Waals surface area contributed by atoms with Crippen LogP contribution in [0.2, 0.25) is 0 Å². The monoisotopic (exact) mass is 399 g/mol. The molecular weight excluding hydrogens is 372 g/mol. The van der Waals surface area contributed by atoms with Crippen LogP contribution in [0.15, 0.2) is 53.4 Å². The van der Waals surface area contributed by atoms with Gasteiger partial charge in [-0.1, -0.05) is 30.3 Å². The van der Waals surface area contributed by atoms with Gasteiger partial charge in [0.2, 0.25) is 5.91 Å². The molecule has 0 unspecified atom stereocenters. The summed E-state index contributed by atoms with van der Waals surface area (Å²) in [6, 6.07) is 16.5. The zero-order valence-electron chi connectivity index (χ0n) is 16.2. The fraction of sp³-hybridized carbons (Fsp3) is 0.409. The van der Waals surface area contributed by atoms with Crippen LogP contribution in [0.4, 0.5) is 0 Å². The topological polar surface area (TPSA) is 43.2 Å². The third-order valence-electron chi connectivity index (χ3n) is 5.25. The van der Waals surface area contributed by atoms with Crippen LogP contribution in [-0.4, -0.2) is 55.4 Å². The van der Waals surface area contributed by atoms with Gasteiger partial charge in [0.1, 0.15) is 19.8 Å². The second kappa shape index (κ2) is 8.88. The Labute approximate surface area is 170 Å². The Kier molecular flexibility index (Phi) is 6.07. The average molecular weight is 400 g/mol. The number of benzene rings is 2. The number of nitrogens with zero attached hydrogens (tertiary/aromatic N) is 1. The first-order valence-electron chi connectivity index (χ1n) is 9.91. The minimum absolute atomic E-state index is 0.113. The first-order valence-corrected chi connectivity index (χ1v) is 10.8. The molecule has 4 rings (SSSR count). The molecule has 1 atom stereocenters. The molecule has 6 heteroatoms. The molecule has 1 fully saturated rings. The van der Waals surface area contributed by atoms with Gasteiger partial charge < -0.3 is 19.3 Å². The minimum atomic E-state index is -0.113. The van der Waals surface area contributed by atoms with E-state index in [0.29, 0.717) is 13.2 Å². The van der Waals surface area contributed by atoms with Crippen molar-refractivity contribution in [1.29, 1.82) is 0 Å². The largest absolute Gasteiger partial charge is 0.486 e. The van der Waals surface area contributed by atoms with Gasteiger partial charge in [-0.15, -0.1) is 11.8 Å². The van der Waals surface area contributed by atoms with Crippen LogP contribution < -0.4 is 14.4 Å². The number of hydrogen-bond acceptors (Lipinski definition) is 4. The zero-order valence-corrected chi connectivity index (χ0v) is 17.0. The highest BCUT2D eigenvalue weighted by Crippen LogP contribution is 2.35. The molecule has 28 heavy (non-hydrogen) atoms. The number of amides is 1. The summed E-state index contributed by atoms with van der Waals surface area (Å²) in [6.07, 6.45) is 0. The summed E-state index contributed by atoms with van der Waals surface area (Å²) in [4.78, 5) is 17.5. The molecule has 0 spiro atoms. The standard InChI is InChI=1S/C22H26N2O3S/c1-17(28-19-7-8-20-21(15-19)27-14-13-26-20)22(25)24-11-9-23(10-12-24)16-18-5-3-2-4-6-18/h2-8,15,17H,9-14,16H2,1H3/p+1/t17-/m0/s1. The molecule has 0 aliphatic carbocycles. The summed E-state index contributed by atoms with van der Waals surface area (Å²) < 4.78 is 11.2. The molecule has 1 amide bonds. The van der Waals surface area contributed by atoms with Gasteiger partial charge >= 0.3 is 0 Å². The smallest absolute Gasteiger partial charge is 0.236 e. The van der Waals surface area contributed by atoms with Crippen molar-refractivity contribution in [2.24, 2.45) is 0 Å². The molecule has 148 valence electrons. The quantitative estimate of drug-likeness (QED) is 0.780.